The van der Waals surface area contributed by atoms with Crippen LogP contribution in [0, 0.1) is 18.6 Å². The third-order valence-corrected chi connectivity index (χ3v) is 2.75. The summed E-state index contributed by atoms with van der Waals surface area (Å²) in [4.78, 5) is 3.91. The molecule has 0 unspecified atom stereocenters. The average molecular weight is 248 g/mol. The normalized spacial score (nSPS) is 10.4. The molecule has 1 N–H and O–H groups in total. The first-order valence-corrected chi connectivity index (χ1v) is 5.76. The molecule has 18 heavy (non-hydrogen) atoms. The topological polar surface area (TPSA) is 24.9 Å². The van der Waals surface area contributed by atoms with Crippen molar-refractivity contribution in [1.82, 2.24) is 4.98 Å². The number of hydrogen-bond acceptors (Lipinski definition) is 2. The van der Waals surface area contributed by atoms with Crippen molar-refractivity contribution in [2.75, 3.05) is 11.9 Å². The molecule has 94 valence electrons. The highest BCUT2D eigenvalue weighted by molar-refractivity contribution is 5.49. The lowest BCUT2D eigenvalue weighted by molar-refractivity contribution is 0.582. The van der Waals surface area contributed by atoms with E-state index in [1.54, 1.807) is 19.3 Å². The van der Waals surface area contributed by atoms with Crippen molar-refractivity contribution in [3.05, 3.63) is 59.4 Å². The molecule has 0 aliphatic rings. The Bertz CT molecular complexity index is 527. The number of pyridine rings is 1. The van der Waals surface area contributed by atoms with Gasteiger partial charge < -0.3 is 5.32 Å². The van der Waals surface area contributed by atoms with Crippen molar-refractivity contribution in [3.63, 3.8) is 0 Å². The maximum Gasteiger partial charge on any atom is 0.152 e. The van der Waals surface area contributed by atoms with Gasteiger partial charge in [-0.1, -0.05) is 6.07 Å². The van der Waals surface area contributed by atoms with Crippen LogP contribution in [0.1, 0.15) is 11.1 Å². The van der Waals surface area contributed by atoms with Gasteiger partial charge in [0.15, 0.2) is 5.82 Å². The summed E-state index contributed by atoms with van der Waals surface area (Å²) in [6.45, 7) is 2.09. The van der Waals surface area contributed by atoms with Crippen LogP contribution in [-0.2, 0) is 6.42 Å². The van der Waals surface area contributed by atoms with E-state index < -0.39 is 11.6 Å². The highest BCUT2D eigenvalue weighted by atomic mass is 19.1. The molecular formula is C14H14F2N2. The minimum absolute atomic E-state index is 0.0518. The largest absolute Gasteiger partial charge is 0.380 e. The lowest BCUT2D eigenvalue weighted by atomic mass is 10.1. The van der Waals surface area contributed by atoms with Gasteiger partial charge in [-0.15, -0.1) is 0 Å². The van der Waals surface area contributed by atoms with Crippen LogP contribution < -0.4 is 5.32 Å². The minimum atomic E-state index is -0.562. The molecule has 4 heteroatoms. The molecular weight excluding hydrogens is 234 g/mol. The molecule has 0 spiro atoms. The Morgan fingerprint density at radius 3 is 2.56 bits per heavy atom. The quantitative estimate of drug-likeness (QED) is 0.897. The lowest BCUT2D eigenvalue weighted by Crippen LogP contribution is -2.09. The third-order valence-electron chi connectivity index (χ3n) is 2.75. The predicted molar refractivity (Wildman–Crippen MR) is 67.5 cm³/mol. The Hall–Kier alpha value is -1.97. The Kier molecular flexibility index (Phi) is 3.87. The molecule has 0 amide bonds. The first kappa shape index (κ1) is 12.5. The van der Waals surface area contributed by atoms with Gasteiger partial charge in [-0.25, -0.2) is 8.78 Å². The van der Waals surface area contributed by atoms with Crippen molar-refractivity contribution in [1.29, 1.82) is 0 Å². The SMILES string of the molecule is Cc1ccc(F)c(NCCc2ccncc2)c1F. The Morgan fingerprint density at radius 1 is 1.11 bits per heavy atom. The van der Waals surface area contributed by atoms with Gasteiger partial charge in [0, 0.05) is 18.9 Å². The molecule has 2 nitrogen and oxygen atoms in total. The van der Waals surface area contributed by atoms with Crippen LogP contribution in [0.15, 0.2) is 36.7 Å². The molecule has 1 aromatic heterocycles. The summed E-state index contributed by atoms with van der Waals surface area (Å²) in [6, 6.07) is 6.46. The zero-order valence-corrected chi connectivity index (χ0v) is 10.1. The fourth-order valence-electron chi connectivity index (χ4n) is 1.70. The molecule has 0 saturated heterocycles. The number of hydrogen-bond donors (Lipinski definition) is 1. The zero-order chi connectivity index (χ0) is 13.0. The van der Waals surface area contributed by atoms with Crippen LogP contribution >= 0.6 is 0 Å². The maximum atomic E-state index is 13.7. The van der Waals surface area contributed by atoms with Crippen molar-refractivity contribution in [2.45, 2.75) is 13.3 Å². The fourth-order valence-corrected chi connectivity index (χ4v) is 1.70. The van der Waals surface area contributed by atoms with Gasteiger partial charge in [-0.2, -0.15) is 0 Å². The predicted octanol–water partition coefficient (Wildman–Crippen LogP) is 3.32. The van der Waals surface area contributed by atoms with Crippen molar-refractivity contribution in [3.8, 4) is 0 Å². The van der Waals surface area contributed by atoms with Crippen LogP contribution in [0.3, 0.4) is 0 Å². The second kappa shape index (κ2) is 5.58. The fraction of sp³-hybridized carbons (Fsp3) is 0.214. The van der Waals surface area contributed by atoms with Crippen molar-refractivity contribution in [2.24, 2.45) is 0 Å². The minimum Gasteiger partial charge on any atom is -0.380 e. The number of nitrogens with one attached hydrogen (secondary N) is 1. The van der Waals surface area contributed by atoms with E-state index >= 15 is 0 Å². The van der Waals surface area contributed by atoms with Crippen molar-refractivity contribution >= 4 is 5.69 Å². The second-order valence-electron chi connectivity index (χ2n) is 4.09. The third kappa shape index (κ3) is 2.83. The van der Waals surface area contributed by atoms with Gasteiger partial charge >= 0.3 is 0 Å². The summed E-state index contributed by atoms with van der Waals surface area (Å²) in [5.41, 5.74) is 1.46. The number of anilines is 1. The molecule has 2 aromatic rings. The zero-order valence-electron chi connectivity index (χ0n) is 10.1. The molecule has 0 bridgehead atoms. The van der Waals surface area contributed by atoms with Gasteiger partial charge in [0.25, 0.3) is 0 Å². The molecule has 2 rings (SSSR count). The molecule has 0 aliphatic carbocycles. The van der Waals surface area contributed by atoms with E-state index in [4.69, 9.17) is 0 Å². The van der Waals surface area contributed by atoms with Crippen LogP contribution in [0.4, 0.5) is 14.5 Å². The smallest absolute Gasteiger partial charge is 0.152 e. The molecule has 1 heterocycles. The van der Waals surface area contributed by atoms with Gasteiger partial charge in [0.1, 0.15) is 11.5 Å². The Balaban J connectivity index is 2.01. The first-order valence-electron chi connectivity index (χ1n) is 5.76. The van der Waals surface area contributed by atoms with Gasteiger partial charge in [0.05, 0.1) is 0 Å². The molecule has 0 radical (unpaired) electrons. The summed E-state index contributed by atoms with van der Waals surface area (Å²) < 4.78 is 27.1. The standard InChI is InChI=1S/C14H14F2N2/c1-10-2-3-12(15)14(13(10)16)18-9-6-11-4-7-17-8-5-11/h2-5,7-8,18H,6,9H2,1H3. The molecule has 0 fully saturated rings. The number of nitrogens with zero attached hydrogens (tertiary/aromatic N) is 1. The number of aryl methyl sites for hydroxylation is 1. The number of benzene rings is 1. The molecule has 1 aromatic carbocycles. The van der Waals surface area contributed by atoms with E-state index in [1.165, 1.54) is 12.1 Å². The molecule has 0 atom stereocenters. The lowest BCUT2D eigenvalue weighted by Gasteiger charge is -2.10. The molecule has 0 aliphatic heterocycles. The highest BCUT2D eigenvalue weighted by Gasteiger charge is 2.10. The summed E-state index contributed by atoms with van der Waals surface area (Å²) in [7, 11) is 0. The maximum absolute atomic E-state index is 13.7. The van der Waals surface area contributed by atoms with Crippen LogP contribution in [0.2, 0.25) is 0 Å². The highest BCUT2D eigenvalue weighted by Crippen LogP contribution is 2.21. The van der Waals surface area contributed by atoms with Crippen LogP contribution in [-0.4, -0.2) is 11.5 Å². The first-order chi connectivity index (χ1) is 8.68. The number of rotatable bonds is 4. The van der Waals surface area contributed by atoms with Crippen LogP contribution in [0.5, 0.6) is 0 Å². The average Bonchev–Trinajstić information content (AvgIpc) is 2.39. The number of halogens is 2. The van der Waals surface area contributed by atoms with Gasteiger partial charge in [-0.3, -0.25) is 4.98 Å². The summed E-state index contributed by atoms with van der Waals surface area (Å²) in [5.74, 6) is -1.09. The van der Waals surface area contributed by atoms with Gasteiger partial charge in [0.2, 0.25) is 0 Å². The van der Waals surface area contributed by atoms with E-state index in [0.29, 0.717) is 18.5 Å². The van der Waals surface area contributed by atoms with Crippen molar-refractivity contribution < 1.29 is 8.78 Å². The van der Waals surface area contributed by atoms with E-state index in [1.807, 2.05) is 12.1 Å². The van der Waals surface area contributed by atoms with E-state index in [-0.39, 0.29) is 5.69 Å². The monoisotopic (exact) mass is 248 g/mol. The van der Waals surface area contributed by atoms with E-state index in [0.717, 1.165) is 5.56 Å². The summed E-state index contributed by atoms with van der Waals surface area (Å²) in [6.07, 6.45) is 4.08. The van der Waals surface area contributed by atoms with E-state index in [9.17, 15) is 8.78 Å². The second-order valence-corrected chi connectivity index (χ2v) is 4.09. The van der Waals surface area contributed by atoms with Crippen LogP contribution in [0.25, 0.3) is 0 Å². The van der Waals surface area contributed by atoms with Gasteiger partial charge in [-0.05, 0) is 42.7 Å². The van der Waals surface area contributed by atoms with E-state index in [2.05, 4.69) is 10.3 Å². The Morgan fingerprint density at radius 2 is 1.83 bits per heavy atom. The number of aromatic nitrogens is 1. The summed E-state index contributed by atoms with van der Waals surface area (Å²) >= 11 is 0. The Labute approximate surface area is 105 Å². The summed E-state index contributed by atoms with van der Waals surface area (Å²) in [5, 5.41) is 2.80. The molecule has 0 saturated carbocycles.